The Morgan fingerprint density at radius 1 is 0.840 bits per heavy atom. The summed E-state index contributed by atoms with van der Waals surface area (Å²) < 4.78 is 27.4. The molecule has 25 heavy (non-hydrogen) atoms. The zero-order chi connectivity index (χ0) is 18.6. The zero-order valence-electron chi connectivity index (χ0n) is 14.1. The highest BCUT2D eigenvalue weighted by Crippen LogP contribution is 2.22. The normalized spacial score (nSPS) is 10.8. The number of hydrogen-bond donors (Lipinski definition) is 3. The molecule has 2 aromatic rings. The van der Waals surface area contributed by atoms with Crippen molar-refractivity contribution in [3.63, 3.8) is 0 Å². The summed E-state index contributed by atoms with van der Waals surface area (Å²) in [5.41, 5.74) is 2.15. The zero-order valence-corrected chi connectivity index (χ0v) is 14.9. The molecule has 0 heterocycles. The molecule has 0 saturated heterocycles. The number of benzene rings is 2. The van der Waals surface area contributed by atoms with E-state index in [9.17, 15) is 18.0 Å². The van der Waals surface area contributed by atoms with Gasteiger partial charge in [0, 0.05) is 30.9 Å². The number of hydrogen-bond acceptors (Lipinski definition) is 4. The minimum Gasteiger partial charge on any atom is -0.326 e. The van der Waals surface area contributed by atoms with Crippen LogP contribution in [0.5, 0.6) is 0 Å². The van der Waals surface area contributed by atoms with Crippen LogP contribution in [0.1, 0.15) is 19.4 Å². The van der Waals surface area contributed by atoms with Crippen molar-refractivity contribution in [3.05, 3.63) is 48.0 Å². The number of carbonyl (C=O) groups is 2. The van der Waals surface area contributed by atoms with Gasteiger partial charge in [-0.15, -0.1) is 0 Å². The summed E-state index contributed by atoms with van der Waals surface area (Å²) in [6.07, 6.45) is 0. The average molecular weight is 361 g/mol. The quantitative estimate of drug-likeness (QED) is 0.761. The van der Waals surface area contributed by atoms with Crippen molar-refractivity contribution in [2.45, 2.75) is 25.7 Å². The van der Waals surface area contributed by atoms with E-state index in [1.807, 2.05) is 0 Å². The lowest BCUT2D eigenvalue weighted by molar-refractivity contribution is -0.115. The van der Waals surface area contributed by atoms with Gasteiger partial charge in [-0.1, -0.05) is 0 Å². The van der Waals surface area contributed by atoms with Gasteiger partial charge in [-0.25, -0.2) is 8.42 Å². The van der Waals surface area contributed by atoms with E-state index >= 15 is 0 Å². The molecule has 7 nitrogen and oxygen atoms in total. The fourth-order valence-electron chi connectivity index (χ4n) is 2.17. The van der Waals surface area contributed by atoms with Gasteiger partial charge in [0.2, 0.25) is 11.8 Å². The van der Waals surface area contributed by atoms with Gasteiger partial charge in [0.1, 0.15) is 0 Å². The Morgan fingerprint density at radius 3 is 1.92 bits per heavy atom. The maximum absolute atomic E-state index is 12.5. The second-order valence-corrected chi connectivity index (χ2v) is 7.20. The average Bonchev–Trinajstić information content (AvgIpc) is 2.50. The SMILES string of the molecule is CC(=O)Nc1ccc(NS(=O)(=O)c2ccc(NC(C)=O)c(C)c2)cc1. The van der Waals surface area contributed by atoms with Crippen LogP contribution < -0.4 is 15.4 Å². The lowest BCUT2D eigenvalue weighted by Crippen LogP contribution is -2.14. The van der Waals surface area contributed by atoms with E-state index < -0.39 is 10.0 Å². The molecular weight excluding hydrogens is 342 g/mol. The van der Waals surface area contributed by atoms with Crippen molar-refractivity contribution in [2.24, 2.45) is 0 Å². The molecule has 2 amide bonds. The van der Waals surface area contributed by atoms with Crippen LogP contribution in [0, 0.1) is 6.92 Å². The van der Waals surface area contributed by atoms with E-state index in [1.165, 1.54) is 26.0 Å². The van der Waals surface area contributed by atoms with Gasteiger partial charge < -0.3 is 10.6 Å². The molecule has 0 unspecified atom stereocenters. The second-order valence-electron chi connectivity index (χ2n) is 5.52. The second kappa shape index (κ2) is 7.35. The summed E-state index contributed by atoms with van der Waals surface area (Å²) >= 11 is 0. The molecule has 0 aliphatic heterocycles. The van der Waals surface area contributed by atoms with E-state index in [-0.39, 0.29) is 16.7 Å². The van der Waals surface area contributed by atoms with Gasteiger partial charge in [0.15, 0.2) is 0 Å². The number of aryl methyl sites for hydroxylation is 1. The predicted octanol–water partition coefficient (Wildman–Crippen LogP) is 2.71. The van der Waals surface area contributed by atoms with Crippen molar-refractivity contribution in [1.82, 2.24) is 0 Å². The van der Waals surface area contributed by atoms with Gasteiger partial charge >= 0.3 is 0 Å². The number of nitrogens with one attached hydrogen (secondary N) is 3. The lowest BCUT2D eigenvalue weighted by atomic mass is 10.2. The molecule has 8 heteroatoms. The lowest BCUT2D eigenvalue weighted by Gasteiger charge is -2.12. The molecule has 0 atom stereocenters. The molecule has 0 spiro atoms. The first-order chi connectivity index (χ1) is 11.7. The standard InChI is InChI=1S/C17H19N3O4S/c1-11-10-16(8-9-17(11)19-13(3)22)25(23,24)20-15-6-4-14(5-7-15)18-12(2)21/h4-10,20H,1-3H3,(H,18,21)(H,19,22). The molecule has 2 aromatic carbocycles. The Morgan fingerprint density at radius 2 is 1.40 bits per heavy atom. The molecule has 2 rings (SSSR count). The van der Waals surface area contributed by atoms with Gasteiger partial charge in [0.25, 0.3) is 10.0 Å². The summed E-state index contributed by atoms with van der Waals surface area (Å²) in [6.45, 7) is 4.49. The number of carbonyl (C=O) groups excluding carboxylic acids is 2. The molecule has 0 aliphatic carbocycles. The van der Waals surface area contributed by atoms with Crippen LogP contribution in [0.3, 0.4) is 0 Å². The molecule has 0 saturated carbocycles. The van der Waals surface area contributed by atoms with Crippen LogP contribution >= 0.6 is 0 Å². The van der Waals surface area contributed by atoms with E-state index in [0.29, 0.717) is 22.6 Å². The van der Waals surface area contributed by atoms with E-state index in [0.717, 1.165) is 0 Å². The highest BCUT2D eigenvalue weighted by atomic mass is 32.2. The monoisotopic (exact) mass is 361 g/mol. The smallest absolute Gasteiger partial charge is 0.261 e. The maximum atomic E-state index is 12.5. The van der Waals surface area contributed by atoms with Crippen molar-refractivity contribution >= 4 is 38.9 Å². The van der Waals surface area contributed by atoms with Crippen LogP contribution in [0.25, 0.3) is 0 Å². The van der Waals surface area contributed by atoms with E-state index in [4.69, 9.17) is 0 Å². The van der Waals surface area contributed by atoms with Crippen LogP contribution in [-0.2, 0) is 19.6 Å². The Balaban J connectivity index is 2.20. The first-order valence-corrected chi connectivity index (χ1v) is 8.94. The van der Waals surface area contributed by atoms with Crippen LogP contribution in [0.4, 0.5) is 17.1 Å². The minimum absolute atomic E-state index is 0.0880. The number of amides is 2. The number of anilines is 3. The van der Waals surface area contributed by atoms with Crippen molar-refractivity contribution in [1.29, 1.82) is 0 Å². The largest absolute Gasteiger partial charge is 0.326 e. The predicted molar refractivity (Wildman–Crippen MR) is 97.0 cm³/mol. The molecule has 0 fully saturated rings. The summed E-state index contributed by atoms with van der Waals surface area (Å²) in [5, 5.41) is 5.24. The molecule has 0 aliphatic rings. The van der Waals surface area contributed by atoms with Gasteiger partial charge in [-0.3, -0.25) is 14.3 Å². The number of sulfonamides is 1. The summed E-state index contributed by atoms with van der Waals surface area (Å²) in [6, 6.07) is 10.8. The van der Waals surface area contributed by atoms with Crippen molar-refractivity contribution < 1.29 is 18.0 Å². The Labute approximate surface area is 146 Å². The summed E-state index contributed by atoms with van der Waals surface area (Å²) in [7, 11) is -3.77. The van der Waals surface area contributed by atoms with Crippen LogP contribution in [-0.4, -0.2) is 20.2 Å². The van der Waals surface area contributed by atoms with Crippen LogP contribution in [0.2, 0.25) is 0 Å². The minimum atomic E-state index is -3.77. The Kier molecular flexibility index (Phi) is 5.43. The fraction of sp³-hybridized carbons (Fsp3) is 0.176. The topological polar surface area (TPSA) is 104 Å². The van der Waals surface area contributed by atoms with Gasteiger partial charge in [-0.2, -0.15) is 0 Å². The van der Waals surface area contributed by atoms with E-state index in [2.05, 4.69) is 15.4 Å². The summed E-state index contributed by atoms with van der Waals surface area (Å²) in [5.74, 6) is -0.431. The third-order valence-corrected chi connectivity index (χ3v) is 4.66. The molecule has 3 N–H and O–H groups in total. The Bertz CT molecular complexity index is 906. The first kappa shape index (κ1) is 18.5. The highest BCUT2D eigenvalue weighted by molar-refractivity contribution is 7.92. The van der Waals surface area contributed by atoms with Crippen molar-refractivity contribution in [2.75, 3.05) is 15.4 Å². The molecule has 0 radical (unpaired) electrons. The molecule has 0 bridgehead atoms. The fourth-order valence-corrected chi connectivity index (χ4v) is 3.32. The van der Waals surface area contributed by atoms with Crippen molar-refractivity contribution in [3.8, 4) is 0 Å². The third kappa shape index (κ3) is 5.05. The molecule has 132 valence electrons. The van der Waals surface area contributed by atoms with E-state index in [1.54, 1.807) is 37.3 Å². The third-order valence-electron chi connectivity index (χ3n) is 3.28. The molecular formula is C17H19N3O4S. The van der Waals surface area contributed by atoms with Crippen LogP contribution in [0.15, 0.2) is 47.4 Å². The first-order valence-electron chi connectivity index (χ1n) is 7.46. The number of rotatable bonds is 5. The Hall–Kier alpha value is -2.87. The maximum Gasteiger partial charge on any atom is 0.261 e. The van der Waals surface area contributed by atoms with Gasteiger partial charge in [0.05, 0.1) is 4.90 Å². The summed E-state index contributed by atoms with van der Waals surface area (Å²) in [4.78, 5) is 22.2. The molecule has 0 aromatic heterocycles. The van der Waals surface area contributed by atoms with Gasteiger partial charge in [-0.05, 0) is 55.0 Å². The highest BCUT2D eigenvalue weighted by Gasteiger charge is 2.15.